The lowest BCUT2D eigenvalue weighted by molar-refractivity contribution is -0.141. The van der Waals surface area contributed by atoms with Crippen LogP contribution in [0, 0.1) is 19.7 Å². The summed E-state index contributed by atoms with van der Waals surface area (Å²) < 4.78 is 63.2. The second kappa shape index (κ2) is 9.47. The minimum absolute atomic E-state index is 0.0599. The summed E-state index contributed by atoms with van der Waals surface area (Å²) in [5.41, 5.74) is 0.405. The third-order valence-electron chi connectivity index (χ3n) is 6.21. The van der Waals surface area contributed by atoms with Crippen LogP contribution in [0.15, 0.2) is 53.7 Å². The van der Waals surface area contributed by atoms with Crippen LogP contribution >= 0.6 is 0 Å². The van der Waals surface area contributed by atoms with Crippen molar-refractivity contribution in [3.63, 3.8) is 0 Å². The second-order valence-corrected chi connectivity index (χ2v) is 8.83. The predicted octanol–water partition coefficient (Wildman–Crippen LogP) is 3.53. The molecule has 0 saturated heterocycles. The van der Waals surface area contributed by atoms with E-state index in [1.54, 1.807) is 36.7 Å². The smallest absolute Gasteiger partial charge is 0.435 e. The number of imidazole rings is 1. The molecule has 0 atom stereocenters. The number of ether oxygens (including phenoxy) is 1. The second-order valence-electron chi connectivity index (χ2n) is 8.83. The average molecular weight is 530 g/mol. The van der Waals surface area contributed by atoms with Gasteiger partial charge in [0.05, 0.1) is 24.3 Å². The SMILES string of the molecule is Cc1cn(-c2ccc3n(c2=O)CCN(CCOc2cc(C(F)(F)F)nn2-c2ccc(F)cc2C)C3=O)cn1. The van der Waals surface area contributed by atoms with E-state index >= 15 is 0 Å². The fourth-order valence-corrected chi connectivity index (χ4v) is 4.32. The van der Waals surface area contributed by atoms with Gasteiger partial charge >= 0.3 is 6.18 Å². The summed E-state index contributed by atoms with van der Waals surface area (Å²) in [6.45, 7) is 3.73. The molecule has 1 aromatic carbocycles. The van der Waals surface area contributed by atoms with E-state index in [1.807, 2.05) is 0 Å². The first-order valence-corrected chi connectivity index (χ1v) is 11.6. The summed E-state index contributed by atoms with van der Waals surface area (Å²) in [6, 6.07) is 7.48. The van der Waals surface area contributed by atoms with Crippen molar-refractivity contribution in [2.75, 3.05) is 19.7 Å². The standard InChI is InChI=1S/C25H22F4N6O3/c1-15-11-17(26)3-4-18(15)35-22(12-21(31-35)25(27,28)29)38-10-9-32-7-8-34-20(23(32)36)6-5-19(24(34)37)33-13-16(2)30-14-33/h3-6,11-14H,7-10H2,1-2H3. The normalized spacial score (nSPS) is 13.6. The van der Waals surface area contributed by atoms with Crippen molar-refractivity contribution in [2.45, 2.75) is 26.6 Å². The molecule has 1 amide bonds. The van der Waals surface area contributed by atoms with E-state index in [4.69, 9.17) is 4.74 Å². The molecule has 0 bridgehead atoms. The molecule has 198 valence electrons. The lowest BCUT2D eigenvalue weighted by Gasteiger charge is -2.29. The molecule has 1 aliphatic heterocycles. The summed E-state index contributed by atoms with van der Waals surface area (Å²) in [7, 11) is 0. The molecule has 0 saturated carbocycles. The Morgan fingerprint density at radius 3 is 2.47 bits per heavy atom. The van der Waals surface area contributed by atoms with Gasteiger partial charge in [-0.25, -0.2) is 14.1 Å². The van der Waals surface area contributed by atoms with Gasteiger partial charge in [0.2, 0.25) is 5.88 Å². The highest BCUT2D eigenvalue weighted by Gasteiger charge is 2.36. The van der Waals surface area contributed by atoms with Gasteiger partial charge in [-0.1, -0.05) is 0 Å². The van der Waals surface area contributed by atoms with Gasteiger partial charge in [-0.3, -0.25) is 9.59 Å². The minimum Gasteiger partial charge on any atom is -0.476 e. The van der Waals surface area contributed by atoms with Gasteiger partial charge in [-0.05, 0) is 49.7 Å². The summed E-state index contributed by atoms with van der Waals surface area (Å²) in [5, 5.41) is 3.62. The molecule has 1 aliphatic rings. The molecule has 13 heteroatoms. The molecule has 4 heterocycles. The molecule has 9 nitrogen and oxygen atoms in total. The first-order chi connectivity index (χ1) is 18.0. The van der Waals surface area contributed by atoms with Crippen LogP contribution in [0.25, 0.3) is 11.4 Å². The topological polar surface area (TPSA) is 87.2 Å². The van der Waals surface area contributed by atoms with E-state index in [-0.39, 0.29) is 49.1 Å². The number of rotatable bonds is 6. The monoisotopic (exact) mass is 530 g/mol. The molecule has 0 radical (unpaired) electrons. The molecule has 4 aromatic rings. The zero-order chi connectivity index (χ0) is 27.2. The van der Waals surface area contributed by atoms with E-state index in [0.717, 1.165) is 22.5 Å². The molecule has 0 aliphatic carbocycles. The van der Waals surface area contributed by atoms with Crippen LogP contribution < -0.4 is 10.3 Å². The van der Waals surface area contributed by atoms with Gasteiger partial charge in [0.1, 0.15) is 23.8 Å². The quantitative estimate of drug-likeness (QED) is 0.356. The Hall–Kier alpha value is -4.42. The van der Waals surface area contributed by atoms with Crippen LogP contribution in [0.4, 0.5) is 17.6 Å². The molecular weight excluding hydrogens is 508 g/mol. The minimum atomic E-state index is -4.72. The first kappa shape index (κ1) is 25.2. The number of aromatic nitrogens is 5. The number of aryl methyl sites for hydroxylation is 2. The largest absolute Gasteiger partial charge is 0.476 e. The summed E-state index contributed by atoms with van der Waals surface area (Å²) >= 11 is 0. The molecule has 0 unspecified atom stereocenters. The van der Waals surface area contributed by atoms with E-state index in [1.165, 1.54) is 27.9 Å². The van der Waals surface area contributed by atoms with E-state index in [9.17, 15) is 27.2 Å². The molecule has 0 fully saturated rings. The number of pyridine rings is 1. The summed E-state index contributed by atoms with van der Waals surface area (Å²) in [4.78, 5) is 31.6. The van der Waals surface area contributed by atoms with Crippen LogP contribution in [-0.4, -0.2) is 54.4 Å². The number of fused-ring (bicyclic) bond motifs is 1. The Labute approximate surface area is 213 Å². The van der Waals surface area contributed by atoms with Crippen molar-refractivity contribution in [3.05, 3.63) is 87.7 Å². The zero-order valence-electron chi connectivity index (χ0n) is 20.4. The average Bonchev–Trinajstić information content (AvgIpc) is 3.47. The van der Waals surface area contributed by atoms with E-state index < -0.39 is 23.6 Å². The Bertz CT molecular complexity index is 1590. The number of hydrogen-bond donors (Lipinski definition) is 0. The number of benzene rings is 1. The number of carbonyl (C=O) groups excluding carboxylic acids is 1. The van der Waals surface area contributed by atoms with Gasteiger partial charge < -0.3 is 18.8 Å². The number of halogens is 4. The fourth-order valence-electron chi connectivity index (χ4n) is 4.32. The van der Waals surface area contributed by atoms with Crippen LogP contribution in [-0.2, 0) is 12.7 Å². The number of amides is 1. The van der Waals surface area contributed by atoms with Crippen LogP contribution in [0.2, 0.25) is 0 Å². The number of carbonyl (C=O) groups is 1. The Morgan fingerprint density at radius 2 is 1.79 bits per heavy atom. The lowest BCUT2D eigenvalue weighted by atomic mass is 10.2. The Kier molecular flexibility index (Phi) is 6.29. The zero-order valence-corrected chi connectivity index (χ0v) is 20.4. The molecule has 0 spiro atoms. The van der Waals surface area contributed by atoms with E-state index in [0.29, 0.717) is 11.3 Å². The van der Waals surface area contributed by atoms with Crippen LogP contribution in [0.3, 0.4) is 0 Å². The number of nitrogens with zero attached hydrogens (tertiary/aromatic N) is 6. The maximum absolute atomic E-state index is 13.5. The maximum atomic E-state index is 13.5. The van der Waals surface area contributed by atoms with Crippen molar-refractivity contribution in [1.29, 1.82) is 0 Å². The third-order valence-corrected chi connectivity index (χ3v) is 6.21. The van der Waals surface area contributed by atoms with Crippen molar-refractivity contribution >= 4 is 5.91 Å². The molecule has 5 rings (SSSR count). The first-order valence-electron chi connectivity index (χ1n) is 11.6. The summed E-state index contributed by atoms with van der Waals surface area (Å²) in [6.07, 6.45) is -1.48. The molecule has 0 N–H and O–H groups in total. The van der Waals surface area contributed by atoms with Gasteiger partial charge in [0.25, 0.3) is 11.5 Å². The highest BCUT2D eigenvalue weighted by molar-refractivity contribution is 5.93. The van der Waals surface area contributed by atoms with Crippen LogP contribution in [0.5, 0.6) is 5.88 Å². The van der Waals surface area contributed by atoms with Crippen molar-refractivity contribution in [1.82, 2.24) is 28.8 Å². The third kappa shape index (κ3) is 4.66. The summed E-state index contributed by atoms with van der Waals surface area (Å²) in [5.74, 6) is -1.13. The van der Waals surface area contributed by atoms with Crippen molar-refractivity contribution in [2.24, 2.45) is 0 Å². The van der Waals surface area contributed by atoms with Crippen LogP contribution in [0.1, 0.15) is 27.4 Å². The van der Waals surface area contributed by atoms with Crippen molar-refractivity contribution < 1.29 is 27.1 Å². The van der Waals surface area contributed by atoms with E-state index in [2.05, 4.69) is 10.1 Å². The molecular formula is C25H22F4N6O3. The highest BCUT2D eigenvalue weighted by Crippen LogP contribution is 2.33. The van der Waals surface area contributed by atoms with Gasteiger partial charge in [0.15, 0.2) is 5.69 Å². The van der Waals surface area contributed by atoms with Gasteiger partial charge in [-0.15, -0.1) is 0 Å². The molecule has 38 heavy (non-hydrogen) atoms. The van der Waals surface area contributed by atoms with Crippen molar-refractivity contribution in [3.8, 4) is 17.3 Å². The molecule has 3 aromatic heterocycles. The fraction of sp³-hybridized carbons (Fsp3) is 0.280. The number of alkyl halides is 3. The lowest BCUT2D eigenvalue weighted by Crippen LogP contribution is -2.46. The Morgan fingerprint density at radius 1 is 1.03 bits per heavy atom. The Balaban J connectivity index is 1.33. The number of hydrogen-bond acceptors (Lipinski definition) is 5. The predicted molar refractivity (Wildman–Crippen MR) is 127 cm³/mol. The van der Waals surface area contributed by atoms with Gasteiger partial charge in [0, 0.05) is 25.4 Å². The van der Waals surface area contributed by atoms with Gasteiger partial charge in [-0.2, -0.15) is 18.3 Å². The highest BCUT2D eigenvalue weighted by atomic mass is 19.4. The maximum Gasteiger partial charge on any atom is 0.435 e.